The van der Waals surface area contributed by atoms with E-state index in [1.807, 2.05) is 0 Å². The van der Waals surface area contributed by atoms with Gasteiger partial charge in [-0.1, -0.05) is 6.58 Å². The van der Waals surface area contributed by atoms with E-state index < -0.39 is 12.4 Å². The van der Waals surface area contributed by atoms with Gasteiger partial charge in [-0.2, -0.15) is 0 Å². The van der Waals surface area contributed by atoms with Crippen LogP contribution in [0.4, 0.5) is 0 Å². The molecule has 0 aromatic heterocycles. The van der Waals surface area contributed by atoms with Gasteiger partial charge >= 0.3 is 5.97 Å². The molecular formula is C11H20N2O5. The number of nitrogens with one attached hydrogen (secondary N) is 2. The van der Waals surface area contributed by atoms with Crippen molar-refractivity contribution in [2.75, 3.05) is 33.9 Å². The Morgan fingerprint density at radius 3 is 2.50 bits per heavy atom. The molecule has 1 saturated heterocycles. The number of esters is 1. The zero-order chi connectivity index (χ0) is 13.4. The Bertz CT molecular complexity index is 262. The predicted octanol–water partition coefficient (Wildman–Crippen LogP) is -0.599. The highest BCUT2D eigenvalue weighted by molar-refractivity contribution is 5.81. The first-order chi connectivity index (χ1) is 8.69. The molecule has 0 bridgehead atoms. The lowest BCUT2D eigenvalue weighted by Crippen LogP contribution is -2.56. The molecule has 104 valence electrons. The molecule has 0 saturated carbocycles. The normalized spacial score (nSPS) is 23.9. The Kier molecular flexibility index (Phi) is 6.84. The van der Waals surface area contributed by atoms with Crippen molar-refractivity contribution in [1.29, 1.82) is 0 Å². The maximum absolute atomic E-state index is 10.9. The van der Waals surface area contributed by atoms with Crippen LogP contribution in [0.2, 0.25) is 0 Å². The van der Waals surface area contributed by atoms with Gasteiger partial charge in [0.2, 0.25) is 0 Å². The number of methoxy groups -OCH3 is 2. The quantitative estimate of drug-likeness (QED) is 0.359. The molecule has 0 aliphatic carbocycles. The van der Waals surface area contributed by atoms with E-state index in [1.165, 1.54) is 14.2 Å². The highest BCUT2D eigenvalue weighted by Crippen LogP contribution is 2.04. The number of carbonyl (C=O) groups is 1. The second kappa shape index (κ2) is 8.17. The molecule has 7 heteroatoms. The summed E-state index contributed by atoms with van der Waals surface area (Å²) in [6.07, 6.45) is 0.804. The van der Waals surface area contributed by atoms with Gasteiger partial charge < -0.3 is 14.2 Å². The van der Waals surface area contributed by atoms with Crippen LogP contribution < -0.4 is 10.6 Å². The number of carbonyl (C=O) groups excluding carboxylic acids is 1. The Balaban J connectivity index is 2.20. The van der Waals surface area contributed by atoms with E-state index >= 15 is 0 Å². The fourth-order valence-corrected chi connectivity index (χ4v) is 1.48. The Labute approximate surface area is 106 Å². The number of hydrogen-bond acceptors (Lipinski definition) is 7. The van der Waals surface area contributed by atoms with Gasteiger partial charge in [-0.15, -0.1) is 0 Å². The van der Waals surface area contributed by atoms with Crippen LogP contribution in [0, 0.1) is 5.92 Å². The third kappa shape index (κ3) is 5.11. The molecule has 1 fully saturated rings. The summed E-state index contributed by atoms with van der Waals surface area (Å²) in [7, 11) is 2.99. The molecule has 1 heterocycles. The summed E-state index contributed by atoms with van der Waals surface area (Å²) in [4.78, 5) is 10.9. The summed E-state index contributed by atoms with van der Waals surface area (Å²) in [5.41, 5.74) is 0. The van der Waals surface area contributed by atoms with Crippen molar-refractivity contribution >= 4 is 5.97 Å². The topological polar surface area (TPSA) is 78.1 Å². The minimum atomic E-state index is -0.717. The van der Waals surface area contributed by atoms with Crippen molar-refractivity contribution in [3.8, 4) is 0 Å². The summed E-state index contributed by atoms with van der Waals surface area (Å²) in [5.74, 6) is -0.218. The van der Waals surface area contributed by atoms with Crippen LogP contribution in [0.3, 0.4) is 0 Å². The van der Waals surface area contributed by atoms with E-state index in [4.69, 9.17) is 18.9 Å². The molecular weight excluding hydrogens is 240 g/mol. The van der Waals surface area contributed by atoms with Crippen molar-refractivity contribution in [2.24, 2.45) is 5.92 Å². The lowest BCUT2D eigenvalue weighted by molar-refractivity contribution is -0.294. The minimum Gasteiger partial charge on any atom is -0.462 e. The van der Waals surface area contributed by atoms with E-state index in [2.05, 4.69) is 17.2 Å². The maximum atomic E-state index is 10.9. The van der Waals surface area contributed by atoms with Crippen LogP contribution in [0.15, 0.2) is 12.7 Å². The summed E-state index contributed by atoms with van der Waals surface area (Å²) < 4.78 is 20.2. The second-order valence-electron chi connectivity index (χ2n) is 3.79. The first-order valence-electron chi connectivity index (χ1n) is 5.66. The van der Waals surface area contributed by atoms with Gasteiger partial charge in [0.25, 0.3) is 6.48 Å². The Morgan fingerprint density at radius 2 is 2.00 bits per heavy atom. The van der Waals surface area contributed by atoms with Gasteiger partial charge in [0, 0.05) is 39.3 Å². The third-order valence-corrected chi connectivity index (χ3v) is 2.44. The van der Waals surface area contributed by atoms with E-state index in [1.54, 1.807) is 0 Å². The van der Waals surface area contributed by atoms with Gasteiger partial charge in [-0.25, -0.2) is 4.79 Å². The first kappa shape index (κ1) is 15.1. The number of ether oxygens (including phenoxy) is 4. The van der Waals surface area contributed by atoms with Crippen molar-refractivity contribution in [2.45, 2.75) is 12.8 Å². The molecule has 1 aliphatic rings. The summed E-state index contributed by atoms with van der Waals surface area (Å²) in [6, 6.07) is 0. The van der Waals surface area contributed by atoms with Crippen LogP contribution >= 0.6 is 0 Å². The van der Waals surface area contributed by atoms with Gasteiger partial charge in [0.15, 0.2) is 6.35 Å². The lowest BCUT2D eigenvalue weighted by Gasteiger charge is -2.32. The van der Waals surface area contributed by atoms with E-state index in [0.717, 1.165) is 6.08 Å². The molecule has 1 rings (SSSR count). The molecule has 0 aromatic rings. The predicted molar refractivity (Wildman–Crippen MR) is 63.3 cm³/mol. The minimum absolute atomic E-state index is 0.192. The second-order valence-corrected chi connectivity index (χ2v) is 3.79. The fraction of sp³-hybridized carbons (Fsp3) is 0.727. The molecule has 1 aliphatic heterocycles. The van der Waals surface area contributed by atoms with Crippen LogP contribution in [0.1, 0.15) is 0 Å². The molecule has 0 atom stereocenters. The largest absolute Gasteiger partial charge is 0.462 e. The zero-order valence-electron chi connectivity index (χ0n) is 10.7. The average molecular weight is 260 g/mol. The van der Waals surface area contributed by atoms with Gasteiger partial charge in [0.1, 0.15) is 0 Å². The Hall–Kier alpha value is -0.990. The molecule has 0 unspecified atom stereocenters. The van der Waals surface area contributed by atoms with Crippen molar-refractivity contribution in [3.63, 3.8) is 0 Å². The lowest BCUT2D eigenvalue weighted by atomic mass is 10.1. The smallest absolute Gasteiger partial charge is 0.330 e. The van der Waals surface area contributed by atoms with Crippen LogP contribution in [0.5, 0.6) is 0 Å². The van der Waals surface area contributed by atoms with Crippen molar-refractivity contribution in [1.82, 2.24) is 10.6 Å². The molecule has 0 aromatic carbocycles. The third-order valence-electron chi connectivity index (χ3n) is 2.44. The van der Waals surface area contributed by atoms with E-state index in [0.29, 0.717) is 19.7 Å². The van der Waals surface area contributed by atoms with Crippen LogP contribution in [-0.4, -0.2) is 52.7 Å². The fourth-order valence-electron chi connectivity index (χ4n) is 1.48. The van der Waals surface area contributed by atoms with E-state index in [-0.39, 0.29) is 12.3 Å². The summed E-state index contributed by atoms with van der Waals surface area (Å²) in [5, 5.41) is 6.20. The Morgan fingerprint density at radius 1 is 1.39 bits per heavy atom. The van der Waals surface area contributed by atoms with Gasteiger partial charge in [-0.3, -0.25) is 15.4 Å². The molecule has 0 spiro atoms. The number of hydrogen-bond donors (Lipinski definition) is 2. The first-order valence-corrected chi connectivity index (χ1v) is 5.66. The maximum Gasteiger partial charge on any atom is 0.330 e. The molecule has 0 amide bonds. The van der Waals surface area contributed by atoms with Crippen molar-refractivity contribution < 1.29 is 23.7 Å². The van der Waals surface area contributed by atoms with Crippen molar-refractivity contribution in [3.05, 3.63) is 12.7 Å². The standard InChI is InChI=1S/C11H20N2O5/c1-4-9(14)17-7-8-5-12-10(13-6-8)18-11(15-2)16-3/h4,8,10-13H,1,5-7H2,2-3H3. The van der Waals surface area contributed by atoms with Gasteiger partial charge in [-0.05, 0) is 0 Å². The monoisotopic (exact) mass is 260 g/mol. The van der Waals surface area contributed by atoms with Crippen LogP contribution in [-0.2, 0) is 23.7 Å². The van der Waals surface area contributed by atoms with Gasteiger partial charge in [0.05, 0.1) is 6.61 Å². The molecule has 2 N–H and O–H groups in total. The zero-order valence-corrected chi connectivity index (χ0v) is 10.7. The highest BCUT2D eigenvalue weighted by atomic mass is 16.8. The summed E-state index contributed by atoms with van der Waals surface area (Å²) in [6.45, 7) is 4.30. The molecule has 7 nitrogen and oxygen atoms in total. The SMILES string of the molecule is C=CC(=O)OCC1CNC(OC(OC)OC)NC1. The van der Waals surface area contributed by atoms with E-state index in [9.17, 15) is 4.79 Å². The molecule has 0 radical (unpaired) electrons. The summed E-state index contributed by atoms with van der Waals surface area (Å²) >= 11 is 0. The highest BCUT2D eigenvalue weighted by Gasteiger charge is 2.23. The molecule has 18 heavy (non-hydrogen) atoms. The average Bonchev–Trinajstić information content (AvgIpc) is 2.43. The van der Waals surface area contributed by atoms with Crippen LogP contribution in [0.25, 0.3) is 0 Å². The number of rotatable bonds is 7.